The quantitative estimate of drug-likeness (QED) is 0.854. The predicted octanol–water partition coefficient (Wildman–Crippen LogP) is 2.23. The third-order valence-corrected chi connectivity index (χ3v) is 4.06. The van der Waals surface area contributed by atoms with Crippen molar-refractivity contribution in [3.63, 3.8) is 0 Å². The lowest BCUT2D eigenvalue weighted by Crippen LogP contribution is -2.40. The van der Waals surface area contributed by atoms with Gasteiger partial charge in [0.25, 0.3) is 0 Å². The van der Waals surface area contributed by atoms with Crippen LogP contribution in [0, 0.1) is 5.92 Å². The lowest BCUT2D eigenvalue weighted by molar-refractivity contribution is 0.00222. The van der Waals surface area contributed by atoms with E-state index in [1.807, 2.05) is 0 Å². The first-order valence-electron chi connectivity index (χ1n) is 6.97. The number of anilines is 1. The van der Waals surface area contributed by atoms with Crippen molar-refractivity contribution >= 4 is 5.82 Å². The van der Waals surface area contributed by atoms with Crippen molar-refractivity contribution in [2.45, 2.75) is 44.6 Å². The van der Waals surface area contributed by atoms with E-state index < -0.39 is 5.60 Å². The number of nitrogens with one attached hydrogen (secondary N) is 1. The Morgan fingerprint density at radius 2 is 2.16 bits per heavy atom. The molecular weight excluding hydrogens is 242 g/mol. The molecule has 1 saturated carbocycles. The molecular formula is C14H23N3O2. The number of hydrogen-bond donors (Lipinski definition) is 2. The van der Waals surface area contributed by atoms with Crippen LogP contribution in [0.3, 0.4) is 0 Å². The number of methoxy groups -OCH3 is 1. The second-order valence-electron chi connectivity index (χ2n) is 5.38. The first-order chi connectivity index (χ1) is 9.15. The van der Waals surface area contributed by atoms with Crippen LogP contribution in [0.1, 0.15) is 39.0 Å². The summed E-state index contributed by atoms with van der Waals surface area (Å²) in [6.07, 6.45) is 6.62. The number of aliphatic hydroxyl groups is 1. The molecule has 0 spiro atoms. The highest BCUT2D eigenvalue weighted by molar-refractivity contribution is 5.37. The molecule has 1 aliphatic carbocycles. The van der Waals surface area contributed by atoms with Gasteiger partial charge in [-0.3, -0.25) is 0 Å². The van der Waals surface area contributed by atoms with E-state index in [-0.39, 0.29) is 0 Å². The van der Waals surface area contributed by atoms with Gasteiger partial charge in [-0.25, -0.2) is 9.97 Å². The molecule has 2 rings (SSSR count). The van der Waals surface area contributed by atoms with Crippen LogP contribution in [-0.4, -0.2) is 34.3 Å². The highest BCUT2D eigenvalue weighted by Crippen LogP contribution is 2.33. The zero-order valence-electron chi connectivity index (χ0n) is 11.7. The Morgan fingerprint density at radius 1 is 1.42 bits per heavy atom. The highest BCUT2D eigenvalue weighted by Gasteiger charge is 2.32. The lowest BCUT2D eigenvalue weighted by atomic mass is 9.78. The standard InChI is InChI=1S/C14H23N3O2/c1-3-11-4-6-14(18,7-5-11)9-15-12-8-13(19-2)17-10-16-12/h8,10-11,18H,3-7,9H2,1-2H3,(H,15,16,17). The summed E-state index contributed by atoms with van der Waals surface area (Å²) in [7, 11) is 1.58. The fourth-order valence-electron chi connectivity index (χ4n) is 2.60. The third-order valence-electron chi connectivity index (χ3n) is 4.06. The number of nitrogens with zero attached hydrogens (tertiary/aromatic N) is 2. The van der Waals surface area contributed by atoms with Crippen LogP contribution in [0.5, 0.6) is 5.88 Å². The molecule has 1 aliphatic rings. The minimum Gasteiger partial charge on any atom is -0.481 e. The smallest absolute Gasteiger partial charge is 0.218 e. The summed E-state index contributed by atoms with van der Waals surface area (Å²) in [5, 5.41) is 13.7. The minimum atomic E-state index is -0.607. The Kier molecular flexibility index (Phi) is 4.58. The van der Waals surface area contributed by atoms with Gasteiger partial charge in [0.1, 0.15) is 12.1 Å². The molecule has 1 aromatic heterocycles. The zero-order chi connectivity index (χ0) is 13.7. The first kappa shape index (κ1) is 14.1. The van der Waals surface area contributed by atoms with E-state index >= 15 is 0 Å². The number of hydrogen-bond acceptors (Lipinski definition) is 5. The Hall–Kier alpha value is -1.36. The molecule has 0 atom stereocenters. The second kappa shape index (κ2) is 6.19. The van der Waals surface area contributed by atoms with E-state index in [2.05, 4.69) is 22.2 Å². The summed E-state index contributed by atoms with van der Waals surface area (Å²) >= 11 is 0. The molecule has 1 fully saturated rings. The Morgan fingerprint density at radius 3 is 2.79 bits per heavy atom. The van der Waals surface area contributed by atoms with Gasteiger partial charge in [0.15, 0.2) is 0 Å². The summed E-state index contributed by atoms with van der Waals surface area (Å²) in [5.41, 5.74) is -0.607. The highest BCUT2D eigenvalue weighted by atomic mass is 16.5. The van der Waals surface area contributed by atoms with Gasteiger partial charge >= 0.3 is 0 Å². The summed E-state index contributed by atoms with van der Waals surface area (Å²) in [4.78, 5) is 8.08. The molecule has 106 valence electrons. The number of rotatable bonds is 5. The minimum absolute atomic E-state index is 0.527. The van der Waals surface area contributed by atoms with Crippen LogP contribution < -0.4 is 10.1 Å². The van der Waals surface area contributed by atoms with E-state index in [1.165, 1.54) is 12.7 Å². The van der Waals surface area contributed by atoms with Crippen molar-refractivity contribution < 1.29 is 9.84 Å². The van der Waals surface area contributed by atoms with Gasteiger partial charge in [-0.15, -0.1) is 0 Å². The monoisotopic (exact) mass is 265 g/mol. The SMILES string of the molecule is CCC1CCC(O)(CNc2cc(OC)ncn2)CC1. The largest absolute Gasteiger partial charge is 0.481 e. The maximum absolute atomic E-state index is 10.5. The fraction of sp³-hybridized carbons (Fsp3) is 0.714. The van der Waals surface area contributed by atoms with Crippen LogP contribution in [0.4, 0.5) is 5.82 Å². The molecule has 0 radical (unpaired) electrons. The summed E-state index contributed by atoms with van der Waals surface area (Å²) < 4.78 is 5.05. The van der Waals surface area contributed by atoms with E-state index in [0.717, 1.165) is 31.6 Å². The van der Waals surface area contributed by atoms with E-state index in [1.54, 1.807) is 13.2 Å². The molecule has 0 bridgehead atoms. The summed E-state index contributed by atoms with van der Waals surface area (Å²) in [6.45, 7) is 2.75. The predicted molar refractivity (Wildman–Crippen MR) is 74.3 cm³/mol. The maximum atomic E-state index is 10.5. The molecule has 0 aliphatic heterocycles. The second-order valence-corrected chi connectivity index (χ2v) is 5.38. The summed E-state index contributed by atoms with van der Waals surface area (Å²) in [5.74, 6) is 2.00. The Labute approximate surface area is 114 Å². The van der Waals surface area contributed by atoms with Crippen molar-refractivity contribution in [2.24, 2.45) is 5.92 Å². The van der Waals surface area contributed by atoms with Gasteiger partial charge < -0.3 is 15.2 Å². The van der Waals surface area contributed by atoms with Crippen molar-refractivity contribution in [1.29, 1.82) is 0 Å². The van der Waals surface area contributed by atoms with Crippen molar-refractivity contribution in [3.8, 4) is 5.88 Å². The van der Waals surface area contributed by atoms with Gasteiger partial charge in [0.05, 0.1) is 12.7 Å². The van der Waals surface area contributed by atoms with E-state index in [4.69, 9.17) is 4.74 Å². The molecule has 0 amide bonds. The molecule has 0 saturated heterocycles. The van der Waals surface area contributed by atoms with Gasteiger partial charge in [0.2, 0.25) is 5.88 Å². The zero-order valence-corrected chi connectivity index (χ0v) is 11.7. The molecule has 1 heterocycles. The maximum Gasteiger partial charge on any atom is 0.218 e. The van der Waals surface area contributed by atoms with E-state index in [9.17, 15) is 5.11 Å². The first-order valence-corrected chi connectivity index (χ1v) is 6.97. The van der Waals surface area contributed by atoms with Gasteiger partial charge in [-0.05, 0) is 31.6 Å². The van der Waals surface area contributed by atoms with Crippen LogP contribution in [-0.2, 0) is 0 Å². The molecule has 2 N–H and O–H groups in total. The number of aromatic nitrogens is 2. The van der Waals surface area contributed by atoms with Crippen molar-refractivity contribution in [3.05, 3.63) is 12.4 Å². The Bertz CT molecular complexity index is 403. The van der Waals surface area contributed by atoms with Crippen LogP contribution in [0.15, 0.2) is 12.4 Å². The van der Waals surface area contributed by atoms with Gasteiger partial charge in [-0.2, -0.15) is 0 Å². The third kappa shape index (κ3) is 3.80. The van der Waals surface area contributed by atoms with E-state index in [0.29, 0.717) is 18.2 Å². The fourth-order valence-corrected chi connectivity index (χ4v) is 2.60. The Balaban J connectivity index is 1.87. The van der Waals surface area contributed by atoms with Gasteiger partial charge in [0, 0.05) is 12.6 Å². The molecule has 5 heteroatoms. The van der Waals surface area contributed by atoms with Crippen LogP contribution in [0.2, 0.25) is 0 Å². The molecule has 0 aromatic carbocycles. The average molecular weight is 265 g/mol. The lowest BCUT2D eigenvalue weighted by Gasteiger charge is -2.36. The van der Waals surface area contributed by atoms with Crippen molar-refractivity contribution in [1.82, 2.24) is 9.97 Å². The average Bonchev–Trinajstić information content (AvgIpc) is 2.46. The molecule has 1 aromatic rings. The van der Waals surface area contributed by atoms with Crippen LogP contribution >= 0.6 is 0 Å². The topological polar surface area (TPSA) is 67.3 Å². The van der Waals surface area contributed by atoms with Crippen LogP contribution in [0.25, 0.3) is 0 Å². The summed E-state index contributed by atoms with van der Waals surface area (Å²) in [6, 6.07) is 1.74. The van der Waals surface area contributed by atoms with Gasteiger partial charge in [-0.1, -0.05) is 13.3 Å². The molecule has 19 heavy (non-hydrogen) atoms. The molecule has 5 nitrogen and oxygen atoms in total. The normalized spacial score (nSPS) is 27.0. The van der Waals surface area contributed by atoms with Crippen molar-refractivity contribution in [2.75, 3.05) is 19.0 Å². The number of ether oxygens (including phenoxy) is 1. The molecule has 0 unspecified atom stereocenters.